The van der Waals surface area contributed by atoms with Gasteiger partial charge in [-0.3, -0.25) is 24.2 Å². The Labute approximate surface area is 201 Å². The first-order valence-corrected chi connectivity index (χ1v) is 11.9. The highest BCUT2D eigenvalue weighted by molar-refractivity contribution is 7.98. The molecule has 0 aromatic rings. The molecule has 0 aromatic heterocycles. The largest absolute Gasteiger partial charge is 0.481 e. The van der Waals surface area contributed by atoms with E-state index in [9.17, 15) is 29.1 Å². The van der Waals surface area contributed by atoms with Gasteiger partial charge in [-0.15, -0.1) is 0 Å². The molecule has 194 valence electrons. The molecule has 0 fully saturated rings. The van der Waals surface area contributed by atoms with Crippen molar-refractivity contribution in [2.24, 2.45) is 22.2 Å². The second-order valence-electron chi connectivity index (χ2n) is 7.47. The van der Waals surface area contributed by atoms with Crippen LogP contribution < -0.4 is 33.2 Å². The maximum absolute atomic E-state index is 12.9. The molecular formula is C19H35N7O7S. The molecule has 0 heterocycles. The molecule has 0 aliphatic carbocycles. The topological polar surface area (TPSA) is 252 Å². The van der Waals surface area contributed by atoms with Gasteiger partial charge >= 0.3 is 11.9 Å². The number of nitrogens with two attached hydrogens (primary N) is 3. The number of carbonyl (C=O) groups excluding carboxylic acids is 3. The summed E-state index contributed by atoms with van der Waals surface area (Å²) in [5.41, 5.74) is 16.1. The van der Waals surface area contributed by atoms with Gasteiger partial charge in [-0.25, -0.2) is 4.79 Å². The van der Waals surface area contributed by atoms with Crippen LogP contribution in [0.15, 0.2) is 4.99 Å². The molecule has 0 saturated carbocycles. The van der Waals surface area contributed by atoms with Gasteiger partial charge < -0.3 is 43.4 Å². The summed E-state index contributed by atoms with van der Waals surface area (Å²) in [5, 5.41) is 25.4. The SMILES string of the molecule is CSCCC(NC(=O)C(C)N)C(=O)NC(CCCN=C(N)N)C(=O)NC(CCC(=O)O)C(=O)O. The van der Waals surface area contributed by atoms with Gasteiger partial charge in [0.15, 0.2) is 5.96 Å². The molecular weight excluding hydrogens is 470 g/mol. The third-order valence-electron chi connectivity index (χ3n) is 4.50. The van der Waals surface area contributed by atoms with Gasteiger partial charge in [-0.05, 0) is 44.6 Å². The summed E-state index contributed by atoms with van der Waals surface area (Å²) in [7, 11) is 0. The maximum Gasteiger partial charge on any atom is 0.326 e. The highest BCUT2D eigenvalue weighted by atomic mass is 32.2. The van der Waals surface area contributed by atoms with E-state index in [0.29, 0.717) is 5.75 Å². The van der Waals surface area contributed by atoms with E-state index >= 15 is 0 Å². The minimum Gasteiger partial charge on any atom is -0.481 e. The van der Waals surface area contributed by atoms with E-state index in [4.69, 9.17) is 22.3 Å². The predicted octanol–water partition coefficient (Wildman–Crippen LogP) is -2.46. The number of nitrogens with one attached hydrogen (secondary N) is 3. The van der Waals surface area contributed by atoms with Crippen molar-refractivity contribution < 1.29 is 34.2 Å². The average molecular weight is 506 g/mol. The fraction of sp³-hybridized carbons (Fsp3) is 0.684. The van der Waals surface area contributed by atoms with E-state index in [1.165, 1.54) is 18.7 Å². The quantitative estimate of drug-likeness (QED) is 0.0584. The first-order chi connectivity index (χ1) is 15.9. The van der Waals surface area contributed by atoms with Crippen molar-refractivity contribution >= 4 is 47.4 Å². The summed E-state index contributed by atoms with van der Waals surface area (Å²) in [4.78, 5) is 63.7. The van der Waals surface area contributed by atoms with Crippen molar-refractivity contribution in [2.45, 2.75) is 63.2 Å². The van der Waals surface area contributed by atoms with Crippen LogP contribution in [0.1, 0.15) is 39.0 Å². The number of carbonyl (C=O) groups is 5. The second kappa shape index (κ2) is 16.5. The highest BCUT2D eigenvalue weighted by Crippen LogP contribution is 2.06. The van der Waals surface area contributed by atoms with Gasteiger partial charge in [0.25, 0.3) is 0 Å². The Morgan fingerprint density at radius 1 is 0.882 bits per heavy atom. The standard InChI is InChI=1S/C19H35N7O7S/c1-10(20)15(29)24-12(7-9-34-2)17(31)25-11(4-3-8-23-19(21)22)16(30)26-13(18(32)33)5-6-14(27)28/h10-13H,3-9,20H2,1-2H3,(H,24,29)(H,25,31)(H,26,30)(H,27,28)(H,32,33)(H4,21,22,23). The summed E-state index contributed by atoms with van der Waals surface area (Å²) in [6.45, 7) is 1.61. The number of aliphatic imine (C=N–C) groups is 1. The molecule has 4 unspecified atom stereocenters. The fourth-order valence-corrected chi connectivity index (χ4v) is 3.12. The third-order valence-corrected chi connectivity index (χ3v) is 5.14. The molecule has 0 rings (SSSR count). The number of hydrogen-bond donors (Lipinski definition) is 8. The Morgan fingerprint density at radius 2 is 1.41 bits per heavy atom. The molecule has 0 radical (unpaired) electrons. The van der Waals surface area contributed by atoms with Crippen LogP contribution in [0.25, 0.3) is 0 Å². The van der Waals surface area contributed by atoms with E-state index in [1.807, 2.05) is 6.26 Å². The molecule has 15 heteroatoms. The number of rotatable bonds is 17. The summed E-state index contributed by atoms with van der Waals surface area (Å²) in [6.07, 6.45) is 1.60. The average Bonchev–Trinajstić information content (AvgIpc) is 2.74. The predicted molar refractivity (Wildman–Crippen MR) is 127 cm³/mol. The van der Waals surface area contributed by atoms with E-state index in [2.05, 4.69) is 20.9 Å². The van der Waals surface area contributed by atoms with E-state index in [0.717, 1.165) is 0 Å². The lowest BCUT2D eigenvalue weighted by atomic mass is 10.1. The number of guanidine groups is 1. The van der Waals surface area contributed by atoms with Crippen LogP contribution in [0.3, 0.4) is 0 Å². The van der Waals surface area contributed by atoms with Gasteiger partial charge in [0.05, 0.1) is 6.04 Å². The molecule has 0 aromatic carbocycles. The number of carboxylic acids is 2. The smallest absolute Gasteiger partial charge is 0.326 e. The van der Waals surface area contributed by atoms with Crippen LogP contribution >= 0.6 is 11.8 Å². The molecule has 11 N–H and O–H groups in total. The van der Waals surface area contributed by atoms with Crippen LogP contribution in [0.2, 0.25) is 0 Å². The van der Waals surface area contributed by atoms with Crippen LogP contribution in [-0.4, -0.2) is 88.6 Å². The number of nitrogens with zero attached hydrogens (tertiary/aromatic N) is 1. The van der Waals surface area contributed by atoms with Gasteiger partial charge in [0, 0.05) is 13.0 Å². The molecule has 0 saturated heterocycles. The Bertz CT molecular complexity index is 745. The molecule has 0 aliphatic rings. The molecule has 0 bridgehead atoms. The number of aliphatic carboxylic acids is 2. The van der Waals surface area contributed by atoms with Gasteiger partial charge in [-0.2, -0.15) is 11.8 Å². The molecule has 34 heavy (non-hydrogen) atoms. The minimum absolute atomic E-state index is 0.0517. The monoisotopic (exact) mass is 505 g/mol. The Balaban J connectivity index is 5.52. The van der Waals surface area contributed by atoms with Crippen molar-refractivity contribution in [1.29, 1.82) is 0 Å². The minimum atomic E-state index is -1.47. The molecule has 3 amide bonds. The fourth-order valence-electron chi connectivity index (χ4n) is 2.65. The van der Waals surface area contributed by atoms with Crippen LogP contribution in [0.4, 0.5) is 0 Å². The number of carboxylic acid groups (broad SMARTS) is 2. The van der Waals surface area contributed by atoms with Crippen molar-refractivity contribution in [3.63, 3.8) is 0 Å². The van der Waals surface area contributed by atoms with Gasteiger partial charge in [0.1, 0.15) is 18.1 Å². The first-order valence-electron chi connectivity index (χ1n) is 10.5. The van der Waals surface area contributed by atoms with E-state index in [-0.39, 0.29) is 38.2 Å². The molecule has 14 nitrogen and oxygen atoms in total. The van der Waals surface area contributed by atoms with E-state index < -0.39 is 60.2 Å². The second-order valence-corrected chi connectivity index (χ2v) is 8.46. The number of thioether (sulfide) groups is 1. The normalized spacial score (nSPS) is 14.1. The van der Waals surface area contributed by atoms with Crippen LogP contribution in [0, 0.1) is 0 Å². The van der Waals surface area contributed by atoms with Crippen molar-refractivity contribution in [3.8, 4) is 0 Å². The summed E-state index contributed by atoms with van der Waals surface area (Å²) >= 11 is 1.45. The summed E-state index contributed by atoms with van der Waals surface area (Å²) in [6, 6.07) is -4.47. The number of hydrogen-bond acceptors (Lipinski definition) is 8. The molecule has 4 atom stereocenters. The van der Waals surface area contributed by atoms with Crippen molar-refractivity contribution in [2.75, 3.05) is 18.6 Å². The van der Waals surface area contributed by atoms with Gasteiger partial charge in [-0.1, -0.05) is 0 Å². The zero-order valence-corrected chi connectivity index (χ0v) is 20.1. The zero-order valence-electron chi connectivity index (χ0n) is 19.3. The summed E-state index contributed by atoms with van der Waals surface area (Å²) < 4.78 is 0. The van der Waals surface area contributed by atoms with Gasteiger partial charge in [0.2, 0.25) is 17.7 Å². The van der Waals surface area contributed by atoms with Crippen LogP contribution in [0.5, 0.6) is 0 Å². The van der Waals surface area contributed by atoms with E-state index in [1.54, 1.807) is 0 Å². The molecule has 0 spiro atoms. The zero-order chi connectivity index (χ0) is 26.3. The Morgan fingerprint density at radius 3 is 1.88 bits per heavy atom. The van der Waals surface area contributed by atoms with Crippen molar-refractivity contribution in [1.82, 2.24) is 16.0 Å². The van der Waals surface area contributed by atoms with Crippen LogP contribution in [-0.2, 0) is 24.0 Å². The maximum atomic E-state index is 12.9. The Hall–Kier alpha value is -3.07. The number of amides is 3. The lowest BCUT2D eigenvalue weighted by molar-refractivity contribution is -0.143. The Kier molecular flexibility index (Phi) is 15.0. The first kappa shape index (κ1) is 30.9. The van der Waals surface area contributed by atoms with Crippen molar-refractivity contribution in [3.05, 3.63) is 0 Å². The lowest BCUT2D eigenvalue weighted by Crippen LogP contribution is -2.57. The highest BCUT2D eigenvalue weighted by Gasteiger charge is 2.29. The third kappa shape index (κ3) is 13.5. The summed E-state index contributed by atoms with van der Waals surface area (Å²) in [5.74, 6) is -4.27. The lowest BCUT2D eigenvalue weighted by Gasteiger charge is -2.24. The molecule has 0 aliphatic heterocycles.